The second kappa shape index (κ2) is 5.04. The van der Waals surface area contributed by atoms with Crippen LogP contribution < -0.4 is 5.73 Å². The molecule has 2 heterocycles. The number of hydrogen-bond donors (Lipinski definition) is 1. The van der Waals surface area contributed by atoms with Gasteiger partial charge < -0.3 is 5.73 Å². The van der Waals surface area contributed by atoms with Crippen molar-refractivity contribution in [1.29, 1.82) is 0 Å². The molecule has 1 aliphatic carbocycles. The Bertz CT molecular complexity index is 811. The van der Waals surface area contributed by atoms with Crippen molar-refractivity contribution < 1.29 is 0 Å². The standard InChI is InChI=1S/C15H15N5S/c16-11-6-2-4-8-13(11)21-14-10-5-1-3-7-12(10)19-15-17-9-18-20(14)15/h2,4,6,8-9H,1,3,5,7,16H2. The van der Waals surface area contributed by atoms with E-state index < -0.39 is 0 Å². The van der Waals surface area contributed by atoms with E-state index >= 15 is 0 Å². The summed E-state index contributed by atoms with van der Waals surface area (Å²) in [4.78, 5) is 9.94. The van der Waals surface area contributed by atoms with Crippen molar-refractivity contribution in [3.8, 4) is 0 Å². The van der Waals surface area contributed by atoms with Gasteiger partial charge in [0.2, 0.25) is 0 Å². The van der Waals surface area contributed by atoms with Crippen LogP contribution in [0, 0.1) is 0 Å². The molecule has 1 aliphatic rings. The van der Waals surface area contributed by atoms with E-state index in [1.807, 2.05) is 28.8 Å². The summed E-state index contributed by atoms with van der Waals surface area (Å²) in [5.74, 6) is 0.674. The van der Waals surface area contributed by atoms with Crippen LogP contribution in [0.5, 0.6) is 0 Å². The average Bonchev–Trinajstić information content (AvgIpc) is 2.97. The van der Waals surface area contributed by atoms with E-state index in [0.717, 1.165) is 28.5 Å². The van der Waals surface area contributed by atoms with Crippen molar-refractivity contribution in [2.75, 3.05) is 5.73 Å². The van der Waals surface area contributed by atoms with E-state index in [0.29, 0.717) is 5.78 Å². The van der Waals surface area contributed by atoms with Crippen molar-refractivity contribution in [2.45, 2.75) is 35.6 Å². The number of nitrogens with two attached hydrogens (primary N) is 1. The molecule has 2 aromatic heterocycles. The second-order valence-electron chi connectivity index (χ2n) is 5.16. The van der Waals surface area contributed by atoms with Gasteiger partial charge in [0.1, 0.15) is 11.4 Å². The monoisotopic (exact) mass is 297 g/mol. The van der Waals surface area contributed by atoms with E-state index in [4.69, 9.17) is 5.73 Å². The van der Waals surface area contributed by atoms with Gasteiger partial charge in [0, 0.05) is 16.1 Å². The maximum Gasteiger partial charge on any atom is 0.253 e. The first kappa shape index (κ1) is 12.6. The van der Waals surface area contributed by atoms with Crippen molar-refractivity contribution >= 4 is 23.2 Å². The van der Waals surface area contributed by atoms with Gasteiger partial charge in [0.25, 0.3) is 5.78 Å². The van der Waals surface area contributed by atoms with Crippen LogP contribution in [0.25, 0.3) is 5.78 Å². The SMILES string of the molecule is Nc1ccccc1Sc1c2c(nc3ncnn13)CCCC2. The minimum atomic E-state index is 0.674. The third-order valence-electron chi connectivity index (χ3n) is 3.78. The first-order chi connectivity index (χ1) is 10.3. The van der Waals surface area contributed by atoms with E-state index in [9.17, 15) is 0 Å². The Morgan fingerprint density at radius 3 is 2.90 bits per heavy atom. The molecule has 0 unspecified atom stereocenters. The molecule has 2 N–H and O–H groups in total. The van der Waals surface area contributed by atoms with Crippen molar-refractivity contribution in [3.05, 3.63) is 41.9 Å². The number of benzene rings is 1. The quantitative estimate of drug-likeness (QED) is 0.582. The molecule has 0 fully saturated rings. The Labute approximate surface area is 126 Å². The lowest BCUT2D eigenvalue weighted by molar-refractivity contribution is 0.635. The molecule has 0 radical (unpaired) electrons. The van der Waals surface area contributed by atoms with Gasteiger partial charge in [-0.3, -0.25) is 0 Å². The predicted molar refractivity (Wildman–Crippen MR) is 82.4 cm³/mol. The smallest absolute Gasteiger partial charge is 0.253 e. The van der Waals surface area contributed by atoms with Crippen molar-refractivity contribution in [3.63, 3.8) is 0 Å². The number of nitrogens with zero attached hydrogens (tertiary/aromatic N) is 4. The summed E-state index contributed by atoms with van der Waals surface area (Å²) in [6.07, 6.45) is 6.03. The first-order valence-electron chi connectivity index (χ1n) is 7.07. The Morgan fingerprint density at radius 2 is 2.00 bits per heavy atom. The van der Waals surface area contributed by atoms with E-state index in [-0.39, 0.29) is 0 Å². The maximum atomic E-state index is 6.08. The van der Waals surface area contributed by atoms with E-state index in [1.54, 1.807) is 18.1 Å². The fourth-order valence-electron chi connectivity index (χ4n) is 2.73. The van der Waals surface area contributed by atoms with Crippen LogP contribution in [0.2, 0.25) is 0 Å². The molecule has 5 nitrogen and oxygen atoms in total. The molecule has 106 valence electrons. The van der Waals surface area contributed by atoms with Gasteiger partial charge in [0.15, 0.2) is 0 Å². The molecular weight excluding hydrogens is 282 g/mol. The summed E-state index contributed by atoms with van der Waals surface area (Å²) >= 11 is 1.66. The summed E-state index contributed by atoms with van der Waals surface area (Å²) < 4.78 is 1.83. The van der Waals surface area contributed by atoms with Crippen LogP contribution in [-0.4, -0.2) is 19.6 Å². The molecule has 0 amide bonds. The van der Waals surface area contributed by atoms with Crippen molar-refractivity contribution in [2.24, 2.45) is 0 Å². The Kier molecular flexibility index (Phi) is 3.03. The lowest BCUT2D eigenvalue weighted by Crippen LogP contribution is -2.11. The Hall–Kier alpha value is -2.08. The average molecular weight is 297 g/mol. The molecule has 0 atom stereocenters. The largest absolute Gasteiger partial charge is 0.398 e. The zero-order valence-electron chi connectivity index (χ0n) is 11.5. The molecule has 6 heteroatoms. The number of hydrogen-bond acceptors (Lipinski definition) is 5. The highest BCUT2D eigenvalue weighted by atomic mass is 32.2. The minimum absolute atomic E-state index is 0.674. The summed E-state index contributed by atoms with van der Waals surface area (Å²) in [6, 6.07) is 7.92. The summed E-state index contributed by atoms with van der Waals surface area (Å²) in [5.41, 5.74) is 9.34. The molecule has 3 aromatic rings. The first-order valence-corrected chi connectivity index (χ1v) is 7.88. The molecule has 0 spiro atoms. The summed E-state index contributed by atoms with van der Waals surface area (Å²) in [6.45, 7) is 0. The minimum Gasteiger partial charge on any atom is -0.398 e. The highest BCUT2D eigenvalue weighted by Crippen LogP contribution is 2.36. The third kappa shape index (κ3) is 2.15. The van der Waals surface area contributed by atoms with Crippen LogP contribution in [-0.2, 0) is 12.8 Å². The number of para-hydroxylation sites is 1. The Morgan fingerprint density at radius 1 is 1.14 bits per heavy atom. The summed E-state index contributed by atoms with van der Waals surface area (Å²) in [5, 5.41) is 5.44. The van der Waals surface area contributed by atoms with Crippen LogP contribution >= 0.6 is 11.8 Å². The van der Waals surface area contributed by atoms with Gasteiger partial charge in [-0.05, 0) is 37.8 Å². The number of rotatable bonds is 2. The van der Waals surface area contributed by atoms with Gasteiger partial charge in [-0.2, -0.15) is 14.6 Å². The fraction of sp³-hybridized carbons (Fsp3) is 0.267. The highest BCUT2D eigenvalue weighted by Gasteiger charge is 2.20. The fourth-order valence-corrected chi connectivity index (χ4v) is 3.83. The zero-order chi connectivity index (χ0) is 14.2. The van der Waals surface area contributed by atoms with Crippen LogP contribution in [0.3, 0.4) is 0 Å². The van der Waals surface area contributed by atoms with Gasteiger partial charge in [-0.1, -0.05) is 23.9 Å². The zero-order valence-corrected chi connectivity index (χ0v) is 12.3. The second-order valence-corrected chi connectivity index (χ2v) is 6.19. The normalized spacial score (nSPS) is 14.3. The van der Waals surface area contributed by atoms with Gasteiger partial charge >= 0.3 is 0 Å². The number of aromatic nitrogens is 4. The molecule has 0 aliphatic heterocycles. The number of fused-ring (bicyclic) bond motifs is 2. The summed E-state index contributed by atoms with van der Waals surface area (Å²) in [7, 11) is 0. The van der Waals surface area contributed by atoms with E-state index in [1.165, 1.54) is 24.1 Å². The molecule has 0 saturated carbocycles. The molecule has 21 heavy (non-hydrogen) atoms. The molecular formula is C15H15N5S. The lowest BCUT2D eigenvalue weighted by Gasteiger charge is -2.19. The predicted octanol–water partition coefficient (Wildman–Crippen LogP) is 2.74. The molecule has 0 saturated heterocycles. The van der Waals surface area contributed by atoms with Gasteiger partial charge in [-0.15, -0.1) is 0 Å². The highest BCUT2D eigenvalue weighted by molar-refractivity contribution is 7.99. The van der Waals surface area contributed by atoms with Crippen LogP contribution in [0.1, 0.15) is 24.1 Å². The Balaban J connectivity index is 1.90. The molecule has 1 aromatic carbocycles. The van der Waals surface area contributed by atoms with Gasteiger partial charge in [0.05, 0.1) is 5.69 Å². The van der Waals surface area contributed by atoms with Crippen LogP contribution in [0.4, 0.5) is 5.69 Å². The lowest BCUT2D eigenvalue weighted by atomic mass is 9.97. The third-order valence-corrected chi connectivity index (χ3v) is 4.98. The van der Waals surface area contributed by atoms with Crippen molar-refractivity contribution in [1.82, 2.24) is 19.6 Å². The van der Waals surface area contributed by atoms with Crippen LogP contribution in [0.15, 0.2) is 40.5 Å². The maximum absolute atomic E-state index is 6.08. The topological polar surface area (TPSA) is 69.1 Å². The molecule has 4 rings (SSSR count). The van der Waals surface area contributed by atoms with Gasteiger partial charge in [-0.25, -0.2) is 4.98 Å². The molecule has 0 bridgehead atoms. The van der Waals surface area contributed by atoms with E-state index in [2.05, 4.69) is 15.1 Å². The number of anilines is 1. The number of nitrogen functional groups attached to an aromatic ring is 1. The number of aryl methyl sites for hydroxylation is 1.